The van der Waals surface area contributed by atoms with Crippen molar-refractivity contribution in [3.8, 4) is 5.75 Å². The lowest BCUT2D eigenvalue weighted by Crippen LogP contribution is -2.42. The SMILES string of the molecule is C[C@H]1CCCC[C@H]1NC(=O)C[S@@](=O)Cc1ccc(OC(F)F)cc1. The minimum atomic E-state index is -2.86. The minimum Gasteiger partial charge on any atom is -0.435 e. The van der Waals surface area contributed by atoms with Crippen LogP contribution >= 0.6 is 0 Å². The Bertz CT molecular complexity index is 565. The molecule has 1 aliphatic rings. The van der Waals surface area contributed by atoms with Crippen molar-refractivity contribution < 1.29 is 22.5 Å². The molecular formula is C17H23F2NO3S. The van der Waals surface area contributed by atoms with E-state index in [0.717, 1.165) is 19.3 Å². The fraction of sp³-hybridized carbons (Fsp3) is 0.588. The topological polar surface area (TPSA) is 55.4 Å². The van der Waals surface area contributed by atoms with Crippen LogP contribution in [0.5, 0.6) is 5.75 Å². The molecule has 1 saturated carbocycles. The molecule has 0 saturated heterocycles. The number of nitrogens with one attached hydrogen (secondary N) is 1. The van der Waals surface area contributed by atoms with Gasteiger partial charge in [-0.25, -0.2) is 0 Å². The summed E-state index contributed by atoms with van der Waals surface area (Å²) in [6.45, 7) is -0.736. The first-order chi connectivity index (χ1) is 11.4. The van der Waals surface area contributed by atoms with E-state index in [9.17, 15) is 17.8 Å². The molecule has 1 N–H and O–H groups in total. The number of alkyl halides is 2. The zero-order chi connectivity index (χ0) is 17.5. The molecule has 1 fully saturated rings. The molecule has 0 unspecified atom stereocenters. The van der Waals surface area contributed by atoms with Crippen LogP contribution in [-0.4, -0.2) is 28.5 Å². The Hall–Kier alpha value is -1.50. The summed E-state index contributed by atoms with van der Waals surface area (Å²) in [5, 5.41) is 2.98. The van der Waals surface area contributed by atoms with Crippen molar-refractivity contribution in [1.82, 2.24) is 5.32 Å². The van der Waals surface area contributed by atoms with E-state index in [1.807, 2.05) is 0 Å². The molecule has 3 atom stereocenters. The van der Waals surface area contributed by atoms with Crippen LogP contribution in [0.15, 0.2) is 24.3 Å². The zero-order valence-electron chi connectivity index (χ0n) is 13.7. The Kier molecular flexibility index (Phi) is 7.15. The number of carbonyl (C=O) groups is 1. The fourth-order valence-corrected chi connectivity index (χ4v) is 3.97. The zero-order valence-corrected chi connectivity index (χ0v) is 14.5. The van der Waals surface area contributed by atoms with Crippen molar-refractivity contribution in [2.45, 2.75) is 51.0 Å². The van der Waals surface area contributed by atoms with Gasteiger partial charge in [-0.05, 0) is 36.5 Å². The molecule has 2 rings (SSSR count). The summed E-state index contributed by atoms with van der Waals surface area (Å²) in [5.74, 6) is 0.494. The van der Waals surface area contributed by atoms with Crippen LogP contribution in [0, 0.1) is 5.92 Å². The second-order valence-corrected chi connectivity index (χ2v) is 7.64. The van der Waals surface area contributed by atoms with E-state index in [2.05, 4.69) is 17.0 Å². The van der Waals surface area contributed by atoms with Gasteiger partial charge in [0.2, 0.25) is 5.91 Å². The number of benzene rings is 1. The normalized spacial score (nSPS) is 22.2. The predicted octanol–water partition coefficient (Wildman–Crippen LogP) is 3.23. The maximum atomic E-state index is 12.1. The number of halogens is 2. The second-order valence-electron chi connectivity index (χ2n) is 6.19. The average molecular weight is 359 g/mol. The van der Waals surface area contributed by atoms with Gasteiger partial charge in [-0.15, -0.1) is 0 Å². The molecular weight excluding hydrogens is 336 g/mol. The Balaban J connectivity index is 1.78. The largest absolute Gasteiger partial charge is 0.435 e. The van der Waals surface area contributed by atoms with Crippen LogP contribution in [0.1, 0.15) is 38.2 Å². The van der Waals surface area contributed by atoms with E-state index in [4.69, 9.17) is 0 Å². The average Bonchev–Trinajstić information content (AvgIpc) is 2.51. The molecule has 134 valence electrons. The highest BCUT2D eigenvalue weighted by molar-refractivity contribution is 7.84. The maximum Gasteiger partial charge on any atom is 0.387 e. The molecule has 0 heterocycles. The van der Waals surface area contributed by atoms with Gasteiger partial charge in [0, 0.05) is 22.6 Å². The Morgan fingerprint density at radius 3 is 2.58 bits per heavy atom. The lowest BCUT2D eigenvalue weighted by molar-refractivity contribution is -0.119. The summed E-state index contributed by atoms with van der Waals surface area (Å²) in [6, 6.07) is 6.15. The molecule has 1 aromatic carbocycles. The summed E-state index contributed by atoms with van der Waals surface area (Å²) in [5.41, 5.74) is 0.716. The van der Waals surface area contributed by atoms with Crippen molar-refractivity contribution in [3.63, 3.8) is 0 Å². The van der Waals surface area contributed by atoms with Crippen molar-refractivity contribution in [1.29, 1.82) is 0 Å². The van der Waals surface area contributed by atoms with E-state index in [1.54, 1.807) is 12.1 Å². The number of hydrogen-bond donors (Lipinski definition) is 1. The smallest absolute Gasteiger partial charge is 0.387 e. The third kappa shape index (κ3) is 6.19. The highest BCUT2D eigenvalue weighted by Gasteiger charge is 2.23. The molecule has 1 aliphatic carbocycles. The second kappa shape index (κ2) is 9.11. The minimum absolute atomic E-state index is 0.0431. The molecule has 0 aliphatic heterocycles. The van der Waals surface area contributed by atoms with Gasteiger partial charge in [0.1, 0.15) is 11.5 Å². The quantitative estimate of drug-likeness (QED) is 0.813. The summed E-state index contributed by atoms with van der Waals surface area (Å²) < 4.78 is 40.5. The lowest BCUT2D eigenvalue weighted by atomic mass is 9.86. The summed E-state index contributed by atoms with van der Waals surface area (Å²) >= 11 is 0. The number of amides is 1. The van der Waals surface area contributed by atoms with Gasteiger partial charge in [-0.1, -0.05) is 31.9 Å². The van der Waals surface area contributed by atoms with Crippen molar-refractivity contribution >= 4 is 16.7 Å². The number of hydrogen-bond acceptors (Lipinski definition) is 3. The first kappa shape index (κ1) is 18.8. The molecule has 0 spiro atoms. The molecule has 7 heteroatoms. The van der Waals surface area contributed by atoms with Gasteiger partial charge in [0.05, 0.1) is 0 Å². The Morgan fingerprint density at radius 1 is 1.29 bits per heavy atom. The van der Waals surface area contributed by atoms with Gasteiger partial charge in [-0.3, -0.25) is 9.00 Å². The van der Waals surface area contributed by atoms with Crippen LogP contribution in [0.2, 0.25) is 0 Å². The summed E-state index contributed by atoms with van der Waals surface area (Å²) in [4.78, 5) is 12.0. The van der Waals surface area contributed by atoms with Gasteiger partial charge in [0.25, 0.3) is 0 Å². The van der Waals surface area contributed by atoms with E-state index in [-0.39, 0.29) is 29.2 Å². The number of rotatable bonds is 7. The Morgan fingerprint density at radius 2 is 1.96 bits per heavy atom. The number of ether oxygens (including phenoxy) is 1. The van der Waals surface area contributed by atoms with Crippen molar-refractivity contribution in [2.75, 3.05) is 5.75 Å². The van der Waals surface area contributed by atoms with E-state index < -0.39 is 17.4 Å². The van der Waals surface area contributed by atoms with E-state index in [0.29, 0.717) is 11.5 Å². The highest BCUT2D eigenvalue weighted by atomic mass is 32.2. The lowest BCUT2D eigenvalue weighted by Gasteiger charge is -2.29. The first-order valence-corrected chi connectivity index (χ1v) is 9.61. The third-order valence-corrected chi connectivity index (χ3v) is 5.47. The van der Waals surface area contributed by atoms with Gasteiger partial charge < -0.3 is 10.1 Å². The molecule has 1 aromatic rings. The van der Waals surface area contributed by atoms with Gasteiger partial charge in [-0.2, -0.15) is 8.78 Å². The third-order valence-electron chi connectivity index (χ3n) is 4.23. The maximum absolute atomic E-state index is 12.1. The fourth-order valence-electron chi connectivity index (χ4n) is 2.93. The number of carbonyl (C=O) groups excluding carboxylic acids is 1. The summed E-state index contributed by atoms with van der Waals surface area (Å²) in [6.07, 6.45) is 4.41. The van der Waals surface area contributed by atoms with E-state index in [1.165, 1.54) is 18.6 Å². The highest BCUT2D eigenvalue weighted by Crippen LogP contribution is 2.23. The van der Waals surface area contributed by atoms with Crippen molar-refractivity contribution in [2.24, 2.45) is 5.92 Å². The summed E-state index contributed by atoms with van der Waals surface area (Å²) in [7, 11) is -1.34. The molecule has 0 bridgehead atoms. The molecule has 1 amide bonds. The van der Waals surface area contributed by atoms with E-state index >= 15 is 0 Å². The van der Waals surface area contributed by atoms with Crippen LogP contribution in [0.3, 0.4) is 0 Å². The predicted molar refractivity (Wildman–Crippen MR) is 89.4 cm³/mol. The van der Waals surface area contributed by atoms with Crippen LogP contribution < -0.4 is 10.1 Å². The van der Waals surface area contributed by atoms with Crippen molar-refractivity contribution in [3.05, 3.63) is 29.8 Å². The molecule has 0 aromatic heterocycles. The standard InChI is InChI=1S/C17H23F2NO3S/c1-12-4-2-3-5-15(12)20-16(21)11-24(22)10-13-6-8-14(9-7-13)23-17(18)19/h6-9,12,15,17H,2-5,10-11H2,1H3,(H,20,21)/t12-,15+,24-/m0/s1. The van der Waals surface area contributed by atoms with Crippen LogP contribution in [0.4, 0.5) is 8.78 Å². The first-order valence-electron chi connectivity index (χ1n) is 8.12. The Labute approximate surface area is 143 Å². The van der Waals surface area contributed by atoms with Crippen LogP contribution in [-0.2, 0) is 21.3 Å². The van der Waals surface area contributed by atoms with Gasteiger partial charge in [0.15, 0.2) is 0 Å². The van der Waals surface area contributed by atoms with Gasteiger partial charge >= 0.3 is 6.61 Å². The molecule has 4 nitrogen and oxygen atoms in total. The van der Waals surface area contributed by atoms with Crippen LogP contribution in [0.25, 0.3) is 0 Å². The molecule has 24 heavy (non-hydrogen) atoms. The molecule has 0 radical (unpaired) electrons. The monoisotopic (exact) mass is 359 g/mol.